The molecule has 5 aliphatic rings. The van der Waals surface area contributed by atoms with Crippen LogP contribution in [-0.4, -0.2) is 59.3 Å². The van der Waals surface area contributed by atoms with Crippen molar-refractivity contribution in [3.8, 4) is 0 Å². The van der Waals surface area contributed by atoms with Crippen molar-refractivity contribution >= 4 is 17.5 Å². The predicted octanol–water partition coefficient (Wildman–Crippen LogP) is 5.14. The fourth-order valence-corrected chi connectivity index (χ4v) is 8.89. The third kappa shape index (κ3) is 6.83. The van der Waals surface area contributed by atoms with Crippen LogP contribution in [0, 0.1) is 29.6 Å². The number of rotatable bonds is 13. The maximum Gasteiger partial charge on any atom is 0.349 e. The first-order valence-electron chi connectivity index (χ1n) is 17.5. The molecule has 0 bridgehead atoms. The molecule has 0 amide bonds. The molecule has 0 radical (unpaired) electrons. The molecule has 0 spiro atoms. The summed E-state index contributed by atoms with van der Waals surface area (Å²) in [4.78, 5) is 41.5. The van der Waals surface area contributed by atoms with E-state index in [4.69, 9.17) is 15.2 Å². The number of fused-ring (bicyclic) bond motifs is 2. The summed E-state index contributed by atoms with van der Waals surface area (Å²) in [5.74, 6) is -0.133. The molecule has 43 heavy (non-hydrogen) atoms. The number of Topliss-reactive ketones (excluding diaryl/α,β-unsaturated/α-hetero) is 2. The number of allylic oxidation sites excluding steroid dienone is 1. The summed E-state index contributed by atoms with van der Waals surface area (Å²) in [6.45, 7) is 5.42. The molecule has 7 unspecified atom stereocenters. The van der Waals surface area contributed by atoms with Crippen LogP contribution in [0.3, 0.4) is 0 Å². The second kappa shape index (κ2) is 14.2. The average molecular weight is 601 g/mol. The summed E-state index contributed by atoms with van der Waals surface area (Å²) in [6.07, 6.45) is 17.2. The van der Waals surface area contributed by atoms with Crippen LogP contribution in [0.5, 0.6) is 0 Å². The van der Waals surface area contributed by atoms with Crippen LogP contribution >= 0.6 is 0 Å². The Balaban J connectivity index is 1.31. The van der Waals surface area contributed by atoms with Gasteiger partial charge in [-0.1, -0.05) is 50.7 Å². The molecule has 4 N–H and O–H groups in total. The van der Waals surface area contributed by atoms with Gasteiger partial charge in [0.2, 0.25) is 0 Å². The highest BCUT2D eigenvalue weighted by atomic mass is 16.7. The molecule has 5 fully saturated rings. The van der Waals surface area contributed by atoms with E-state index in [9.17, 15) is 19.5 Å². The molecular formula is C35H56N2O6. The van der Waals surface area contributed by atoms with E-state index in [1.54, 1.807) is 0 Å². The molecule has 3 aliphatic carbocycles. The molecule has 0 aromatic heterocycles. The Morgan fingerprint density at radius 3 is 2.49 bits per heavy atom. The lowest BCUT2D eigenvalue weighted by atomic mass is 9.61. The molecule has 0 aromatic carbocycles. The first-order chi connectivity index (χ1) is 20.7. The second-order valence-electron chi connectivity index (χ2n) is 14.5. The lowest BCUT2D eigenvalue weighted by Crippen LogP contribution is -2.58. The van der Waals surface area contributed by atoms with Gasteiger partial charge in [0, 0.05) is 18.3 Å². The standard InChI is InChI=1S/C35H56N2O6/c1-3-4-5-8-19-42-33(41)35-32(40)29-10-7-6-9-28(29)31(39)34(35,43-35)17-15-23(2)20-26(25-16-18-37-30(36)22-25)21-24-11-13-27(38)14-12-24/h15,24-30,37-38H,3-14,16-22,36H2,1-2H3. The average Bonchev–Trinajstić information content (AvgIpc) is 3.72. The van der Waals surface area contributed by atoms with Crippen molar-refractivity contribution in [2.45, 2.75) is 146 Å². The van der Waals surface area contributed by atoms with Gasteiger partial charge in [-0.05, 0) is 102 Å². The van der Waals surface area contributed by atoms with Crippen LogP contribution in [0.1, 0.15) is 123 Å². The zero-order chi connectivity index (χ0) is 30.6. The number of unbranched alkanes of at least 4 members (excludes halogenated alkanes) is 3. The third-order valence-corrected chi connectivity index (χ3v) is 11.5. The highest BCUT2D eigenvalue weighted by molar-refractivity contribution is 6.23. The Morgan fingerprint density at radius 2 is 1.79 bits per heavy atom. The van der Waals surface area contributed by atoms with Gasteiger partial charge in [0.05, 0.1) is 18.9 Å². The topological polar surface area (TPSA) is 131 Å². The molecule has 8 nitrogen and oxygen atoms in total. The summed E-state index contributed by atoms with van der Waals surface area (Å²) < 4.78 is 11.8. The van der Waals surface area contributed by atoms with Gasteiger partial charge in [-0.15, -0.1) is 0 Å². The van der Waals surface area contributed by atoms with Crippen LogP contribution < -0.4 is 11.1 Å². The van der Waals surface area contributed by atoms with E-state index < -0.39 is 23.1 Å². The van der Waals surface area contributed by atoms with Crippen molar-refractivity contribution in [1.29, 1.82) is 0 Å². The second-order valence-corrected chi connectivity index (χ2v) is 14.5. The third-order valence-electron chi connectivity index (χ3n) is 11.5. The quantitative estimate of drug-likeness (QED) is 0.0870. The Bertz CT molecular complexity index is 1040. The first kappa shape index (κ1) is 32.8. The van der Waals surface area contributed by atoms with Crippen LogP contribution in [0.15, 0.2) is 11.6 Å². The molecule has 7 atom stereocenters. The maximum atomic E-state index is 14.0. The number of epoxide rings is 1. The molecular weight excluding hydrogens is 544 g/mol. The monoisotopic (exact) mass is 600 g/mol. The molecule has 0 aromatic rings. The summed E-state index contributed by atoms with van der Waals surface area (Å²) in [6, 6.07) is 0. The van der Waals surface area contributed by atoms with Crippen molar-refractivity contribution in [3.05, 3.63) is 11.6 Å². The van der Waals surface area contributed by atoms with Gasteiger partial charge in [0.25, 0.3) is 5.60 Å². The van der Waals surface area contributed by atoms with Gasteiger partial charge in [-0.25, -0.2) is 4.79 Å². The van der Waals surface area contributed by atoms with Crippen molar-refractivity contribution in [3.63, 3.8) is 0 Å². The van der Waals surface area contributed by atoms with Gasteiger partial charge in [0.1, 0.15) is 0 Å². The van der Waals surface area contributed by atoms with E-state index in [2.05, 4.69) is 25.2 Å². The molecule has 5 rings (SSSR count). The van der Waals surface area contributed by atoms with E-state index in [1.165, 1.54) is 5.57 Å². The van der Waals surface area contributed by atoms with Crippen molar-refractivity contribution < 1.29 is 29.0 Å². The number of nitrogens with two attached hydrogens (primary N) is 1. The predicted molar refractivity (Wildman–Crippen MR) is 165 cm³/mol. The largest absolute Gasteiger partial charge is 0.463 e. The summed E-state index contributed by atoms with van der Waals surface area (Å²) in [5.41, 5.74) is 4.30. The summed E-state index contributed by atoms with van der Waals surface area (Å²) in [5, 5.41) is 13.4. The van der Waals surface area contributed by atoms with E-state index in [0.717, 1.165) is 96.4 Å². The number of aliphatic hydroxyl groups excluding tert-OH is 1. The zero-order valence-electron chi connectivity index (χ0n) is 26.6. The Hall–Kier alpha value is -1.61. The molecule has 2 aliphatic heterocycles. The van der Waals surface area contributed by atoms with Crippen molar-refractivity contribution in [2.24, 2.45) is 35.3 Å². The molecule has 8 heteroatoms. The number of esters is 1. The molecule has 3 saturated carbocycles. The van der Waals surface area contributed by atoms with Crippen molar-refractivity contribution in [2.75, 3.05) is 13.2 Å². The smallest absolute Gasteiger partial charge is 0.349 e. The van der Waals surface area contributed by atoms with Gasteiger partial charge in [-0.3, -0.25) is 9.59 Å². The highest BCUT2D eigenvalue weighted by Crippen LogP contribution is 2.61. The van der Waals surface area contributed by atoms with Crippen LogP contribution in [0.25, 0.3) is 0 Å². The van der Waals surface area contributed by atoms with Crippen LogP contribution in [0.4, 0.5) is 0 Å². The Kier molecular flexibility index (Phi) is 10.8. The van der Waals surface area contributed by atoms with Crippen LogP contribution in [0.2, 0.25) is 0 Å². The molecule has 242 valence electrons. The number of carbonyl (C=O) groups excluding carboxylic acids is 3. The van der Waals surface area contributed by atoms with E-state index in [1.807, 2.05) is 0 Å². The van der Waals surface area contributed by atoms with E-state index in [-0.39, 0.29) is 42.8 Å². The zero-order valence-corrected chi connectivity index (χ0v) is 26.6. The number of carbonyl (C=O) groups is 3. The van der Waals surface area contributed by atoms with Gasteiger partial charge in [0.15, 0.2) is 17.2 Å². The maximum absolute atomic E-state index is 14.0. The number of aliphatic hydroxyl groups is 1. The first-order valence-corrected chi connectivity index (χ1v) is 17.5. The summed E-state index contributed by atoms with van der Waals surface area (Å²) >= 11 is 0. The fraction of sp³-hybridized carbons (Fsp3) is 0.857. The van der Waals surface area contributed by atoms with Gasteiger partial charge in [-0.2, -0.15) is 0 Å². The van der Waals surface area contributed by atoms with E-state index in [0.29, 0.717) is 30.6 Å². The number of hydrogen-bond acceptors (Lipinski definition) is 8. The number of nitrogens with one attached hydrogen (secondary N) is 1. The van der Waals surface area contributed by atoms with E-state index >= 15 is 0 Å². The molecule has 2 saturated heterocycles. The van der Waals surface area contributed by atoms with Gasteiger partial charge < -0.3 is 25.6 Å². The number of hydrogen-bond donors (Lipinski definition) is 3. The summed E-state index contributed by atoms with van der Waals surface area (Å²) in [7, 11) is 0. The Labute approximate surface area is 258 Å². The normalized spacial score (nSPS) is 38.7. The van der Waals surface area contributed by atoms with Crippen LogP contribution in [-0.2, 0) is 23.9 Å². The van der Waals surface area contributed by atoms with Gasteiger partial charge >= 0.3 is 5.97 Å². The minimum Gasteiger partial charge on any atom is -0.463 e. The minimum absolute atomic E-state index is 0.0142. The van der Waals surface area contributed by atoms with Crippen molar-refractivity contribution in [1.82, 2.24) is 5.32 Å². The Morgan fingerprint density at radius 1 is 1.07 bits per heavy atom. The minimum atomic E-state index is -1.77. The lowest BCUT2D eigenvalue weighted by molar-refractivity contribution is -0.158. The highest BCUT2D eigenvalue weighted by Gasteiger charge is 2.86. The molecule has 2 heterocycles. The fourth-order valence-electron chi connectivity index (χ4n) is 8.89. The lowest BCUT2D eigenvalue weighted by Gasteiger charge is -2.37. The SMILES string of the molecule is CCCCCCOC(=O)C12OC1(CC=C(C)CC(CC1CCC(O)CC1)C1CCNC(N)C1)C(=O)C1CCCCC1C2=O. The number of ether oxygens (including phenoxy) is 2. The number of ketones is 2. The number of piperidine rings is 1.